The molecule has 1 fully saturated rings. The number of amides is 1. The molecule has 7 heteroatoms. The minimum Gasteiger partial charge on any atom is -0.284 e. The zero-order valence-corrected chi connectivity index (χ0v) is 13.3. The predicted molar refractivity (Wildman–Crippen MR) is 80.2 cm³/mol. The van der Waals surface area contributed by atoms with Crippen LogP contribution in [-0.4, -0.2) is 27.6 Å². The zero-order valence-electron chi connectivity index (χ0n) is 10.9. The van der Waals surface area contributed by atoms with Crippen LogP contribution in [0.1, 0.15) is 16.6 Å². The maximum absolute atomic E-state index is 13.8. The highest BCUT2D eigenvalue weighted by atomic mass is 79.9. The molecule has 1 unspecified atom stereocenters. The van der Waals surface area contributed by atoms with Crippen molar-refractivity contribution in [3.63, 3.8) is 0 Å². The first-order chi connectivity index (χ1) is 10.1. The van der Waals surface area contributed by atoms with Crippen molar-refractivity contribution in [2.45, 2.75) is 12.7 Å². The van der Waals surface area contributed by atoms with Crippen molar-refractivity contribution in [1.29, 1.82) is 0 Å². The molecule has 2 heterocycles. The summed E-state index contributed by atoms with van der Waals surface area (Å²) in [4.78, 5) is 14.4. The van der Waals surface area contributed by atoms with E-state index in [0.29, 0.717) is 5.56 Å². The lowest BCUT2D eigenvalue weighted by molar-refractivity contribution is -0.170. The van der Waals surface area contributed by atoms with Gasteiger partial charge in [0.15, 0.2) is 0 Å². The van der Waals surface area contributed by atoms with Crippen molar-refractivity contribution in [2.24, 2.45) is 0 Å². The van der Waals surface area contributed by atoms with Crippen LogP contribution in [0.3, 0.4) is 0 Å². The summed E-state index contributed by atoms with van der Waals surface area (Å²) in [6.07, 6.45) is -0.576. The Morgan fingerprint density at radius 2 is 2.19 bits per heavy atom. The monoisotopic (exact) mass is 370 g/mol. The lowest BCUT2D eigenvalue weighted by atomic mass is 10.2. The third-order valence-corrected chi connectivity index (χ3v) is 5.08. The number of thiophene rings is 1. The maximum atomic E-state index is 13.8. The van der Waals surface area contributed by atoms with Gasteiger partial charge in [-0.25, -0.2) is 4.39 Å². The quantitative estimate of drug-likeness (QED) is 0.842. The first-order valence-corrected chi connectivity index (χ1v) is 7.96. The predicted octanol–water partition coefficient (Wildman–Crippen LogP) is 3.38. The SMILES string of the molecule is O=C1CN(Cc2ccccc2F)C(c2cc(Br)cs2)N1O. The number of benzene rings is 1. The van der Waals surface area contributed by atoms with E-state index >= 15 is 0 Å². The van der Waals surface area contributed by atoms with Crippen LogP contribution in [-0.2, 0) is 11.3 Å². The fourth-order valence-corrected chi connectivity index (χ4v) is 3.94. The minimum absolute atomic E-state index is 0.0605. The van der Waals surface area contributed by atoms with Gasteiger partial charge in [0, 0.05) is 26.8 Å². The molecule has 0 spiro atoms. The van der Waals surface area contributed by atoms with Gasteiger partial charge in [-0.05, 0) is 28.1 Å². The van der Waals surface area contributed by atoms with Gasteiger partial charge >= 0.3 is 0 Å². The highest BCUT2D eigenvalue weighted by Crippen LogP contribution is 2.35. The van der Waals surface area contributed by atoms with Gasteiger partial charge in [0.2, 0.25) is 0 Å². The van der Waals surface area contributed by atoms with Crippen molar-refractivity contribution >= 4 is 33.2 Å². The summed E-state index contributed by atoms with van der Waals surface area (Å²) in [6.45, 7) is 0.320. The Morgan fingerprint density at radius 1 is 1.43 bits per heavy atom. The van der Waals surface area contributed by atoms with Crippen LogP contribution in [0.25, 0.3) is 0 Å². The van der Waals surface area contributed by atoms with E-state index < -0.39 is 6.17 Å². The second kappa shape index (κ2) is 5.84. The topological polar surface area (TPSA) is 43.8 Å². The fraction of sp³-hybridized carbons (Fsp3) is 0.214. The minimum atomic E-state index is -0.576. The Labute approximate surface area is 133 Å². The molecule has 1 saturated heterocycles. The maximum Gasteiger partial charge on any atom is 0.262 e. The van der Waals surface area contributed by atoms with Crippen LogP contribution >= 0.6 is 27.3 Å². The largest absolute Gasteiger partial charge is 0.284 e. The van der Waals surface area contributed by atoms with Crippen LogP contribution in [0.15, 0.2) is 40.2 Å². The van der Waals surface area contributed by atoms with E-state index in [1.54, 1.807) is 23.1 Å². The lowest BCUT2D eigenvalue weighted by Gasteiger charge is -2.25. The first kappa shape index (κ1) is 14.6. The van der Waals surface area contributed by atoms with Gasteiger partial charge in [-0.3, -0.25) is 14.9 Å². The zero-order chi connectivity index (χ0) is 15.0. The molecule has 110 valence electrons. The molecular formula is C14H12BrFN2O2S. The van der Waals surface area contributed by atoms with Crippen LogP contribution in [0.4, 0.5) is 4.39 Å². The molecule has 1 aromatic heterocycles. The molecule has 1 aliphatic heterocycles. The Bertz CT molecular complexity index is 678. The van der Waals surface area contributed by atoms with Crippen molar-refractivity contribution in [3.05, 3.63) is 56.4 Å². The molecule has 1 N–H and O–H groups in total. The van der Waals surface area contributed by atoms with E-state index in [2.05, 4.69) is 15.9 Å². The number of halogens is 2. The van der Waals surface area contributed by atoms with Crippen LogP contribution in [0.5, 0.6) is 0 Å². The molecular weight excluding hydrogens is 359 g/mol. The Morgan fingerprint density at radius 3 is 2.86 bits per heavy atom. The molecule has 0 saturated carbocycles. The van der Waals surface area contributed by atoms with Crippen LogP contribution < -0.4 is 0 Å². The molecule has 21 heavy (non-hydrogen) atoms. The molecule has 3 rings (SSSR count). The van der Waals surface area contributed by atoms with Crippen LogP contribution in [0.2, 0.25) is 0 Å². The van der Waals surface area contributed by atoms with E-state index in [1.807, 2.05) is 11.4 Å². The number of hydrogen-bond acceptors (Lipinski definition) is 4. The third-order valence-electron chi connectivity index (χ3n) is 3.34. The molecule has 1 atom stereocenters. The summed E-state index contributed by atoms with van der Waals surface area (Å²) < 4.78 is 14.7. The molecule has 2 aromatic rings. The molecule has 4 nitrogen and oxygen atoms in total. The van der Waals surface area contributed by atoms with Crippen LogP contribution in [0, 0.1) is 5.82 Å². The number of nitrogens with zero attached hydrogens (tertiary/aromatic N) is 2. The normalized spacial score (nSPS) is 19.5. The molecule has 1 aliphatic rings. The van der Waals surface area contributed by atoms with E-state index in [-0.39, 0.29) is 24.8 Å². The van der Waals surface area contributed by atoms with E-state index in [4.69, 9.17) is 0 Å². The van der Waals surface area contributed by atoms with Gasteiger partial charge in [-0.1, -0.05) is 18.2 Å². The Balaban J connectivity index is 1.89. The van der Waals surface area contributed by atoms with Gasteiger partial charge in [0.05, 0.1) is 6.54 Å². The first-order valence-electron chi connectivity index (χ1n) is 6.28. The summed E-state index contributed by atoms with van der Waals surface area (Å²) in [6, 6.07) is 8.30. The van der Waals surface area contributed by atoms with Gasteiger partial charge < -0.3 is 0 Å². The molecule has 0 aliphatic carbocycles. The van der Waals surface area contributed by atoms with E-state index in [1.165, 1.54) is 17.4 Å². The lowest BCUT2D eigenvalue weighted by Crippen LogP contribution is -2.29. The van der Waals surface area contributed by atoms with E-state index in [0.717, 1.165) is 14.4 Å². The van der Waals surface area contributed by atoms with Crippen molar-refractivity contribution < 1.29 is 14.4 Å². The summed E-state index contributed by atoms with van der Waals surface area (Å²) in [5.41, 5.74) is 0.501. The number of carbonyl (C=O) groups is 1. The van der Waals surface area contributed by atoms with Crippen molar-refractivity contribution in [1.82, 2.24) is 9.96 Å². The summed E-state index contributed by atoms with van der Waals surface area (Å²) in [5.74, 6) is -0.701. The average molecular weight is 371 g/mol. The van der Waals surface area contributed by atoms with Crippen molar-refractivity contribution in [3.8, 4) is 0 Å². The molecule has 1 aromatic carbocycles. The third kappa shape index (κ3) is 2.87. The van der Waals surface area contributed by atoms with Gasteiger partial charge in [-0.15, -0.1) is 11.3 Å². The summed E-state index contributed by atoms with van der Waals surface area (Å²) in [5, 5.41) is 12.6. The Hall–Kier alpha value is -1.28. The molecule has 0 radical (unpaired) electrons. The standard InChI is InChI=1S/C14H12BrFN2O2S/c15-10-5-12(21-8-10)14-17(7-13(19)18(14)20)6-9-3-1-2-4-11(9)16/h1-5,8,14,20H,6-7H2. The smallest absolute Gasteiger partial charge is 0.262 e. The highest BCUT2D eigenvalue weighted by Gasteiger charge is 2.39. The van der Waals surface area contributed by atoms with Gasteiger partial charge in [0.1, 0.15) is 12.0 Å². The summed E-state index contributed by atoms with van der Waals surface area (Å²) >= 11 is 4.79. The molecule has 1 amide bonds. The second-order valence-corrected chi connectivity index (χ2v) is 6.63. The average Bonchev–Trinajstić information content (AvgIpc) is 2.98. The number of carbonyl (C=O) groups excluding carboxylic acids is 1. The number of rotatable bonds is 3. The molecule has 0 bridgehead atoms. The number of hydrogen-bond donors (Lipinski definition) is 1. The Kier molecular flexibility index (Phi) is 4.08. The summed E-state index contributed by atoms with van der Waals surface area (Å²) in [7, 11) is 0. The van der Waals surface area contributed by atoms with Crippen molar-refractivity contribution in [2.75, 3.05) is 6.54 Å². The van der Waals surface area contributed by atoms with E-state index in [9.17, 15) is 14.4 Å². The van der Waals surface area contributed by atoms with Gasteiger partial charge in [-0.2, -0.15) is 5.06 Å². The van der Waals surface area contributed by atoms with Gasteiger partial charge in [0.25, 0.3) is 5.91 Å². The number of hydroxylamine groups is 2. The highest BCUT2D eigenvalue weighted by molar-refractivity contribution is 9.10. The second-order valence-electron chi connectivity index (χ2n) is 4.78. The fourth-order valence-electron chi connectivity index (χ4n) is 2.38.